The molecule has 9 nitrogen and oxygen atoms in total. The van der Waals surface area contributed by atoms with Gasteiger partial charge in [-0.1, -0.05) is 47.1 Å². The highest BCUT2D eigenvalue weighted by Crippen LogP contribution is 2.33. The van der Waals surface area contributed by atoms with Gasteiger partial charge in [0, 0.05) is 22.7 Å². The molecule has 4 aromatic rings. The highest BCUT2D eigenvalue weighted by molar-refractivity contribution is 6.30. The van der Waals surface area contributed by atoms with Gasteiger partial charge in [-0.05, 0) is 31.2 Å². The molecule has 0 aliphatic carbocycles. The third-order valence-corrected chi connectivity index (χ3v) is 4.92. The quantitative estimate of drug-likeness (QED) is 0.383. The van der Waals surface area contributed by atoms with Gasteiger partial charge in [0.2, 0.25) is 0 Å². The Labute approximate surface area is 193 Å². The number of nitrogens with zero attached hydrogens (tertiary/aromatic N) is 3. The van der Waals surface area contributed by atoms with Gasteiger partial charge in [0.05, 0.1) is 6.42 Å². The number of carbonyl (C=O) groups is 2. The molecule has 2 heterocycles. The van der Waals surface area contributed by atoms with Crippen LogP contribution in [0.5, 0.6) is 0 Å². The van der Waals surface area contributed by atoms with Crippen molar-refractivity contribution in [1.82, 2.24) is 20.7 Å². The van der Waals surface area contributed by atoms with Gasteiger partial charge in [-0.15, -0.1) is 10.2 Å². The van der Waals surface area contributed by atoms with Gasteiger partial charge >= 0.3 is 5.97 Å². The Hall–Kier alpha value is -3.98. The molecule has 168 valence electrons. The van der Waals surface area contributed by atoms with Crippen molar-refractivity contribution in [2.45, 2.75) is 20.0 Å². The van der Waals surface area contributed by atoms with Crippen LogP contribution in [-0.4, -0.2) is 33.8 Å². The largest absolute Gasteiger partial charge is 0.456 e. The second-order valence-corrected chi connectivity index (χ2v) is 7.44. The van der Waals surface area contributed by atoms with Crippen molar-refractivity contribution in [3.63, 3.8) is 0 Å². The maximum Gasteiger partial charge on any atom is 0.308 e. The summed E-state index contributed by atoms with van der Waals surface area (Å²) in [5, 5.41) is 15.2. The van der Waals surface area contributed by atoms with Gasteiger partial charge in [-0.2, -0.15) is 0 Å². The van der Waals surface area contributed by atoms with Crippen molar-refractivity contribution < 1.29 is 23.3 Å². The molecule has 2 aromatic heterocycles. The number of rotatable bonds is 8. The molecule has 0 radical (unpaired) electrons. The summed E-state index contributed by atoms with van der Waals surface area (Å²) in [6, 6.07) is 15.9. The first-order valence-corrected chi connectivity index (χ1v) is 10.4. The van der Waals surface area contributed by atoms with E-state index in [-0.39, 0.29) is 37.3 Å². The average molecular weight is 467 g/mol. The number of benzene rings is 2. The van der Waals surface area contributed by atoms with E-state index in [2.05, 4.69) is 20.7 Å². The smallest absolute Gasteiger partial charge is 0.308 e. The van der Waals surface area contributed by atoms with E-state index in [0.717, 1.165) is 5.56 Å². The van der Waals surface area contributed by atoms with Crippen molar-refractivity contribution in [2.75, 3.05) is 6.54 Å². The Morgan fingerprint density at radius 3 is 2.58 bits per heavy atom. The highest BCUT2D eigenvalue weighted by atomic mass is 35.5. The summed E-state index contributed by atoms with van der Waals surface area (Å²) < 4.78 is 16.1. The Kier molecular flexibility index (Phi) is 6.80. The predicted octanol–water partition coefficient (Wildman–Crippen LogP) is 4.22. The Morgan fingerprint density at radius 2 is 1.82 bits per heavy atom. The summed E-state index contributed by atoms with van der Waals surface area (Å²) in [6.07, 6.45) is -0.0107. The molecule has 0 saturated carbocycles. The van der Waals surface area contributed by atoms with Crippen LogP contribution in [0.2, 0.25) is 5.02 Å². The Morgan fingerprint density at radius 1 is 1.06 bits per heavy atom. The second-order valence-electron chi connectivity index (χ2n) is 7.00. The molecule has 10 heteroatoms. The maximum atomic E-state index is 12.0. The molecule has 0 aliphatic heterocycles. The van der Waals surface area contributed by atoms with Gasteiger partial charge < -0.3 is 19.0 Å². The van der Waals surface area contributed by atoms with Crippen LogP contribution in [-0.2, 0) is 16.1 Å². The molecule has 0 spiro atoms. The molecule has 33 heavy (non-hydrogen) atoms. The minimum atomic E-state index is -0.516. The summed E-state index contributed by atoms with van der Waals surface area (Å²) >= 11 is 5.80. The number of hydrogen-bond donors (Lipinski definition) is 1. The molecular formula is C23H19ClN4O5. The molecule has 0 saturated heterocycles. The monoisotopic (exact) mass is 466 g/mol. The minimum Gasteiger partial charge on any atom is -0.456 e. The lowest BCUT2D eigenvalue weighted by Crippen LogP contribution is -2.26. The topological polar surface area (TPSA) is 120 Å². The molecule has 0 fully saturated rings. The number of halogens is 1. The lowest BCUT2D eigenvalue weighted by atomic mass is 10.1. The van der Waals surface area contributed by atoms with Crippen LogP contribution in [0.4, 0.5) is 0 Å². The van der Waals surface area contributed by atoms with E-state index >= 15 is 0 Å². The molecule has 0 aliphatic rings. The number of hydrogen-bond acceptors (Lipinski definition) is 8. The highest BCUT2D eigenvalue weighted by Gasteiger charge is 2.22. The third kappa shape index (κ3) is 5.45. The van der Waals surface area contributed by atoms with Crippen molar-refractivity contribution in [3.8, 4) is 22.7 Å². The molecule has 0 atom stereocenters. The standard InChI is InChI=1S/C23H19ClN4O5/c1-14-20(21(28-33-14)15-5-3-2-4-6-15)23-27-26-18(32-23)13-31-19(29)11-12-25-22(30)16-7-9-17(24)10-8-16/h2-10H,11-13H2,1H3,(H,25,30). The van der Waals surface area contributed by atoms with Gasteiger partial charge in [0.25, 0.3) is 17.7 Å². The number of carbonyl (C=O) groups excluding carboxylic acids is 2. The van der Waals surface area contributed by atoms with E-state index in [9.17, 15) is 9.59 Å². The molecule has 0 unspecified atom stereocenters. The van der Waals surface area contributed by atoms with Crippen LogP contribution in [0, 0.1) is 6.92 Å². The SMILES string of the molecule is Cc1onc(-c2ccccc2)c1-c1nnc(COC(=O)CCNC(=O)c2ccc(Cl)cc2)o1. The molecule has 4 rings (SSSR count). The van der Waals surface area contributed by atoms with Crippen molar-refractivity contribution in [1.29, 1.82) is 0 Å². The van der Waals surface area contributed by atoms with E-state index in [4.69, 9.17) is 25.3 Å². The summed E-state index contributed by atoms with van der Waals surface area (Å²) in [5.74, 6) is 0.0473. The molecule has 0 bridgehead atoms. The van der Waals surface area contributed by atoms with E-state index in [0.29, 0.717) is 27.6 Å². The van der Waals surface area contributed by atoms with E-state index in [1.807, 2.05) is 30.3 Å². The van der Waals surface area contributed by atoms with Crippen LogP contribution < -0.4 is 5.32 Å². The van der Waals surface area contributed by atoms with E-state index in [1.165, 1.54) is 0 Å². The van der Waals surface area contributed by atoms with Gasteiger partial charge in [0.15, 0.2) is 6.61 Å². The minimum absolute atomic E-state index is 0.0107. The number of amides is 1. The molecule has 2 aromatic carbocycles. The molecule has 1 N–H and O–H groups in total. The zero-order chi connectivity index (χ0) is 23.2. The number of aromatic nitrogens is 3. The fourth-order valence-corrected chi connectivity index (χ4v) is 3.15. The van der Waals surface area contributed by atoms with E-state index in [1.54, 1.807) is 31.2 Å². The van der Waals surface area contributed by atoms with Crippen molar-refractivity contribution >= 4 is 23.5 Å². The van der Waals surface area contributed by atoms with Crippen LogP contribution in [0.25, 0.3) is 22.7 Å². The van der Waals surface area contributed by atoms with Crippen molar-refractivity contribution in [2.24, 2.45) is 0 Å². The van der Waals surface area contributed by atoms with Crippen LogP contribution >= 0.6 is 11.6 Å². The van der Waals surface area contributed by atoms with Gasteiger partial charge in [0.1, 0.15) is 17.0 Å². The number of nitrogens with one attached hydrogen (secondary N) is 1. The molecular weight excluding hydrogens is 448 g/mol. The Balaban J connectivity index is 1.30. The fraction of sp³-hybridized carbons (Fsp3) is 0.174. The number of ether oxygens (including phenoxy) is 1. The number of esters is 1. The second kappa shape index (κ2) is 10.1. The maximum absolute atomic E-state index is 12.0. The zero-order valence-corrected chi connectivity index (χ0v) is 18.3. The summed E-state index contributed by atoms with van der Waals surface area (Å²) in [5.41, 5.74) is 2.45. The van der Waals surface area contributed by atoms with Gasteiger partial charge in [-0.25, -0.2) is 0 Å². The van der Waals surface area contributed by atoms with Crippen LogP contribution in [0.1, 0.15) is 28.4 Å². The third-order valence-electron chi connectivity index (χ3n) is 4.67. The zero-order valence-electron chi connectivity index (χ0n) is 17.6. The lowest BCUT2D eigenvalue weighted by molar-refractivity contribution is -0.145. The first kappa shape index (κ1) is 22.2. The van der Waals surface area contributed by atoms with E-state index < -0.39 is 5.97 Å². The Bertz CT molecular complexity index is 1250. The predicted molar refractivity (Wildman–Crippen MR) is 118 cm³/mol. The van der Waals surface area contributed by atoms with Crippen molar-refractivity contribution in [3.05, 3.63) is 76.8 Å². The normalized spacial score (nSPS) is 10.7. The summed E-state index contributed by atoms with van der Waals surface area (Å²) in [7, 11) is 0. The summed E-state index contributed by atoms with van der Waals surface area (Å²) in [4.78, 5) is 24.0. The first-order valence-electron chi connectivity index (χ1n) is 10.0. The first-order chi connectivity index (χ1) is 16.0. The molecule has 1 amide bonds. The number of aryl methyl sites for hydroxylation is 1. The summed E-state index contributed by atoms with van der Waals surface area (Å²) in [6.45, 7) is 1.68. The average Bonchev–Trinajstić information content (AvgIpc) is 3.45. The van der Waals surface area contributed by atoms with Gasteiger partial charge in [-0.3, -0.25) is 9.59 Å². The van der Waals surface area contributed by atoms with Crippen LogP contribution in [0.3, 0.4) is 0 Å². The lowest BCUT2D eigenvalue weighted by Gasteiger charge is -2.05. The fourth-order valence-electron chi connectivity index (χ4n) is 3.03. The van der Waals surface area contributed by atoms with Crippen LogP contribution in [0.15, 0.2) is 63.5 Å².